The van der Waals surface area contributed by atoms with E-state index in [0.29, 0.717) is 18.7 Å². The Kier molecular flexibility index (Phi) is 6.94. The zero-order valence-electron chi connectivity index (χ0n) is 20.7. The van der Waals surface area contributed by atoms with Crippen molar-refractivity contribution in [3.8, 4) is 0 Å². The minimum absolute atomic E-state index is 0.0333. The SMILES string of the molecule is CN(C)C1(c2cccs2)CCN(C(=O)CC(NC(=O)c2ccc3cc[nH]c3c2)c2ccccc2)CC1. The zero-order chi connectivity index (χ0) is 25.1. The molecule has 7 heteroatoms. The molecule has 2 amide bonds. The number of likely N-dealkylation sites (tertiary alicyclic amines) is 1. The molecule has 2 N–H and O–H groups in total. The van der Waals surface area contributed by atoms with Gasteiger partial charge in [-0.25, -0.2) is 0 Å². The molecule has 3 heterocycles. The predicted octanol–water partition coefficient (Wildman–Crippen LogP) is 5.17. The number of carbonyl (C=O) groups is 2. The van der Waals surface area contributed by atoms with Crippen LogP contribution in [0.3, 0.4) is 0 Å². The Morgan fingerprint density at radius 2 is 1.83 bits per heavy atom. The molecule has 0 spiro atoms. The standard InChI is InChI=1S/C29H32N4O2S/c1-32(2)29(26-9-6-18-36-26)13-16-33(17-14-29)27(34)20-25(21-7-4-3-5-8-21)31-28(35)23-11-10-22-12-15-30-24(22)19-23/h3-12,15,18-19,25,30H,13-14,16-17,20H2,1-2H3,(H,31,35). The molecule has 2 aromatic heterocycles. The average Bonchev–Trinajstić information content (AvgIpc) is 3.61. The monoisotopic (exact) mass is 500 g/mol. The first-order valence-corrected chi connectivity index (χ1v) is 13.3. The Balaban J connectivity index is 1.30. The van der Waals surface area contributed by atoms with Crippen LogP contribution in [0, 0.1) is 0 Å². The molecule has 186 valence electrons. The lowest BCUT2D eigenvalue weighted by atomic mass is 9.84. The van der Waals surface area contributed by atoms with Crippen LogP contribution in [0.2, 0.25) is 0 Å². The van der Waals surface area contributed by atoms with Gasteiger partial charge in [0, 0.05) is 35.2 Å². The second-order valence-electron chi connectivity index (χ2n) is 9.70. The Bertz CT molecular complexity index is 1320. The van der Waals surface area contributed by atoms with Crippen molar-refractivity contribution in [1.29, 1.82) is 0 Å². The maximum absolute atomic E-state index is 13.5. The first kappa shape index (κ1) is 24.3. The van der Waals surface area contributed by atoms with Gasteiger partial charge in [-0.3, -0.25) is 14.5 Å². The van der Waals surface area contributed by atoms with Crippen LogP contribution in [0.4, 0.5) is 0 Å². The molecule has 1 atom stereocenters. The summed E-state index contributed by atoms with van der Waals surface area (Å²) >= 11 is 1.79. The number of thiophene rings is 1. The van der Waals surface area contributed by atoms with Gasteiger partial charge < -0.3 is 15.2 Å². The second-order valence-corrected chi connectivity index (χ2v) is 10.7. The van der Waals surface area contributed by atoms with Crippen LogP contribution in [0.25, 0.3) is 10.9 Å². The van der Waals surface area contributed by atoms with Crippen molar-refractivity contribution in [2.24, 2.45) is 0 Å². The molecule has 0 aliphatic carbocycles. The molecule has 4 aromatic rings. The van der Waals surface area contributed by atoms with Gasteiger partial charge in [0.1, 0.15) is 0 Å². The largest absolute Gasteiger partial charge is 0.361 e. The lowest BCUT2D eigenvalue weighted by Gasteiger charge is -2.46. The van der Waals surface area contributed by atoms with Crippen LogP contribution in [0.1, 0.15) is 46.1 Å². The quantitative estimate of drug-likeness (QED) is 0.368. The third kappa shape index (κ3) is 4.81. The normalized spacial score (nSPS) is 16.2. The summed E-state index contributed by atoms with van der Waals surface area (Å²) in [6.45, 7) is 1.40. The van der Waals surface area contributed by atoms with Gasteiger partial charge in [-0.05, 0) is 67.5 Å². The maximum Gasteiger partial charge on any atom is 0.251 e. The van der Waals surface area contributed by atoms with Crippen LogP contribution in [-0.2, 0) is 10.3 Å². The van der Waals surface area contributed by atoms with E-state index in [1.165, 1.54) is 4.88 Å². The number of nitrogens with one attached hydrogen (secondary N) is 2. The number of nitrogens with zero attached hydrogens (tertiary/aromatic N) is 2. The molecule has 0 saturated carbocycles. The number of carbonyl (C=O) groups excluding carboxylic acids is 2. The smallest absolute Gasteiger partial charge is 0.251 e. The van der Waals surface area contributed by atoms with E-state index in [0.717, 1.165) is 29.3 Å². The third-order valence-electron chi connectivity index (χ3n) is 7.48. The summed E-state index contributed by atoms with van der Waals surface area (Å²) in [5.41, 5.74) is 2.38. The van der Waals surface area contributed by atoms with E-state index in [9.17, 15) is 9.59 Å². The zero-order valence-corrected chi connectivity index (χ0v) is 21.6. The van der Waals surface area contributed by atoms with Crippen LogP contribution >= 0.6 is 11.3 Å². The molecule has 1 fully saturated rings. The number of aromatic nitrogens is 1. The molecule has 1 aliphatic rings. The van der Waals surface area contributed by atoms with Crippen LogP contribution in [0.15, 0.2) is 78.3 Å². The Hall–Kier alpha value is -3.42. The van der Waals surface area contributed by atoms with Gasteiger partial charge >= 0.3 is 0 Å². The third-order valence-corrected chi connectivity index (χ3v) is 8.55. The molecule has 2 aromatic carbocycles. The fourth-order valence-electron chi connectivity index (χ4n) is 5.26. The van der Waals surface area contributed by atoms with Gasteiger partial charge in [-0.15, -0.1) is 11.3 Å². The highest BCUT2D eigenvalue weighted by Crippen LogP contribution is 2.40. The maximum atomic E-state index is 13.5. The summed E-state index contributed by atoms with van der Waals surface area (Å²) in [7, 11) is 4.26. The second kappa shape index (κ2) is 10.3. The molecule has 1 aliphatic heterocycles. The van der Waals surface area contributed by atoms with Gasteiger partial charge in [0.05, 0.1) is 18.0 Å². The van der Waals surface area contributed by atoms with E-state index in [4.69, 9.17) is 0 Å². The van der Waals surface area contributed by atoms with Crippen molar-refractivity contribution in [3.63, 3.8) is 0 Å². The molecule has 36 heavy (non-hydrogen) atoms. The summed E-state index contributed by atoms with van der Waals surface area (Å²) in [6, 6.07) is 21.3. The molecule has 1 unspecified atom stereocenters. The molecule has 5 rings (SSSR count). The van der Waals surface area contributed by atoms with Gasteiger partial charge in [0.2, 0.25) is 5.91 Å². The van der Waals surface area contributed by atoms with Crippen molar-refractivity contribution in [2.45, 2.75) is 30.8 Å². The average molecular weight is 501 g/mol. The first-order valence-electron chi connectivity index (χ1n) is 12.4. The topological polar surface area (TPSA) is 68.4 Å². The molecule has 1 saturated heterocycles. The van der Waals surface area contributed by atoms with Gasteiger partial charge in [0.15, 0.2) is 0 Å². The summed E-state index contributed by atoms with van der Waals surface area (Å²) in [6.07, 6.45) is 3.88. The Morgan fingerprint density at radius 1 is 1.06 bits per heavy atom. The molecular weight excluding hydrogens is 468 g/mol. The van der Waals surface area contributed by atoms with Crippen LogP contribution < -0.4 is 5.32 Å². The lowest BCUT2D eigenvalue weighted by molar-refractivity contribution is -0.134. The Morgan fingerprint density at radius 3 is 2.53 bits per heavy atom. The highest BCUT2D eigenvalue weighted by molar-refractivity contribution is 7.10. The molecule has 0 radical (unpaired) electrons. The lowest BCUT2D eigenvalue weighted by Crippen LogP contribution is -2.51. The summed E-state index contributed by atoms with van der Waals surface area (Å²) in [4.78, 5) is 35.4. The number of hydrogen-bond donors (Lipinski definition) is 2. The van der Waals surface area contributed by atoms with Crippen molar-refractivity contribution >= 4 is 34.1 Å². The fourth-order valence-corrected chi connectivity index (χ4v) is 6.32. The minimum atomic E-state index is -0.400. The van der Waals surface area contributed by atoms with E-state index >= 15 is 0 Å². The number of amides is 2. The number of piperidine rings is 1. The van der Waals surface area contributed by atoms with Crippen molar-refractivity contribution < 1.29 is 9.59 Å². The number of benzene rings is 2. The van der Waals surface area contributed by atoms with E-state index in [2.05, 4.69) is 46.8 Å². The van der Waals surface area contributed by atoms with Gasteiger partial charge in [-0.1, -0.05) is 42.5 Å². The molecular formula is C29H32N4O2S. The van der Waals surface area contributed by atoms with Crippen molar-refractivity contribution in [2.75, 3.05) is 27.2 Å². The fraction of sp³-hybridized carbons (Fsp3) is 0.310. The van der Waals surface area contributed by atoms with E-state index in [-0.39, 0.29) is 23.8 Å². The first-order chi connectivity index (χ1) is 17.5. The van der Waals surface area contributed by atoms with Gasteiger partial charge in [-0.2, -0.15) is 0 Å². The van der Waals surface area contributed by atoms with Crippen molar-refractivity contribution in [3.05, 3.63) is 94.3 Å². The summed E-state index contributed by atoms with van der Waals surface area (Å²) in [5, 5.41) is 6.31. The van der Waals surface area contributed by atoms with Crippen molar-refractivity contribution in [1.82, 2.24) is 20.1 Å². The number of fused-ring (bicyclic) bond motifs is 1. The Labute approximate surface area is 215 Å². The van der Waals surface area contributed by atoms with E-state index in [1.54, 1.807) is 11.3 Å². The van der Waals surface area contributed by atoms with Crippen LogP contribution in [0.5, 0.6) is 0 Å². The number of H-pyrrole nitrogens is 1. The summed E-state index contributed by atoms with van der Waals surface area (Å²) in [5.74, 6) is -0.112. The number of rotatable bonds is 7. The molecule has 0 bridgehead atoms. The highest BCUT2D eigenvalue weighted by Gasteiger charge is 2.40. The van der Waals surface area contributed by atoms with Gasteiger partial charge in [0.25, 0.3) is 5.91 Å². The number of hydrogen-bond acceptors (Lipinski definition) is 4. The van der Waals surface area contributed by atoms with E-state index in [1.807, 2.05) is 65.7 Å². The van der Waals surface area contributed by atoms with E-state index < -0.39 is 6.04 Å². The summed E-state index contributed by atoms with van der Waals surface area (Å²) < 4.78 is 0. The number of aromatic amines is 1. The van der Waals surface area contributed by atoms with Crippen LogP contribution in [-0.4, -0.2) is 53.8 Å². The molecule has 6 nitrogen and oxygen atoms in total. The predicted molar refractivity (Wildman–Crippen MR) is 145 cm³/mol. The minimum Gasteiger partial charge on any atom is -0.361 e. The highest BCUT2D eigenvalue weighted by atomic mass is 32.1.